The second-order valence-electron chi connectivity index (χ2n) is 6.19. The molecule has 0 unspecified atom stereocenters. The number of imide groups is 1. The molecule has 1 fully saturated rings. The number of halogens is 1. The number of hydrogen-bond acceptors (Lipinski definition) is 3. The van der Waals surface area contributed by atoms with Crippen LogP contribution in [0.5, 0.6) is 0 Å². The van der Waals surface area contributed by atoms with Gasteiger partial charge in [-0.2, -0.15) is 0 Å². The van der Waals surface area contributed by atoms with Gasteiger partial charge < -0.3 is 20.9 Å². The Hall–Kier alpha value is -2.30. The molecule has 1 aromatic carbocycles. The number of aryl methyl sites for hydroxylation is 1. The van der Waals surface area contributed by atoms with Crippen molar-refractivity contribution in [3.8, 4) is 0 Å². The Balaban J connectivity index is 0.00000261. The van der Waals surface area contributed by atoms with Crippen molar-refractivity contribution in [2.45, 2.75) is 13.3 Å². The van der Waals surface area contributed by atoms with E-state index >= 15 is 0 Å². The highest BCUT2D eigenvalue weighted by Crippen LogP contribution is 2.21. The Morgan fingerprint density at radius 2 is 2.04 bits per heavy atom. The summed E-state index contributed by atoms with van der Waals surface area (Å²) in [6.07, 6.45) is 2.91. The Morgan fingerprint density at radius 1 is 1.26 bits per heavy atom. The summed E-state index contributed by atoms with van der Waals surface area (Å²) in [4.78, 5) is 31.7. The van der Waals surface area contributed by atoms with E-state index < -0.39 is 0 Å². The van der Waals surface area contributed by atoms with Crippen molar-refractivity contribution in [3.63, 3.8) is 0 Å². The zero-order valence-electron chi connectivity index (χ0n) is 15.5. The molecule has 0 bridgehead atoms. The fraction of sp³-hybridized carbons (Fsp3) is 0.389. The van der Waals surface area contributed by atoms with Gasteiger partial charge in [0.2, 0.25) is 5.91 Å². The lowest BCUT2D eigenvalue weighted by Crippen LogP contribution is -2.43. The summed E-state index contributed by atoms with van der Waals surface area (Å²) >= 11 is 0. The molecule has 1 aliphatic heterocycles. The number of nitrogens with zero attached hydrogens (tertiary/aromatic N) is 2. The van der Waals surface area contributed by atoms with Crippen molar-refractivity contribution in [1.29, 1.82) is 0 Å². The normalized spacial score (nSPS) is 14.3. The van der Waals surface area contributed by atoms with E-state index in [0.717, 1.165) is 13.0 Å². The molecule has 1 saturated heterocycles. The van der Waals surface area contributed by atoms with Gasteiger partial charge in [0.15, 0.2) is 5.96 Å². The maximum Gasteiger partial charge on any atom is 0.324 e. The number of carbonyl (C=O) groups excluding carboxylic acids is 2. The van der Waals surface area contributed by atoms with Crippen LogP contribution in [-0.4, -0.2) is 61.0 Å². The number of fused-ring (bicyclic) bond motifs is 1. The molecule has 0 atom stereocenters. The summed E-state index contributed by atoms with van der Waals surface area (Å²) in [5.74, 6) is 0.447. The van der Waals surface area contributed by atoms with Gasteiger partial charge in [-0.1, -0.05) is 18.2 Å². The largest absolute Gasteiger partial charge is 0.361 e. The van der Waals surface area contributed by atoms with Gasteiger partial charge in [-0.3, -0.25) is 14.7 Å². The molecule has 0 radical (unpaired) electrons. The van der Waals surface area contributed by atoms with E-state index in [1.807, 2.05) is 6.20 Å². The fourth-order valence-corrected chi connectivity index (χ4v) is 3.07. The molecule has 27 heavy (non-hydrogen) atoms. The average Bonchev–Trinajstić information content (AvgIpc) is 3.19. The van der Waals surface area contributed by atoms with Gasteiger partial charge in [0, 0.05) is 43.8 Å². The number of para-hydroxylation sites is 1. The maximum atomic E-state index is 11.5. The van der Waals surface area contributed by atoms with Crippen LogP contribution < -0.4 is 16.0 Å². The molecule has 0 saturated carbocycles. The molecule has 3 rings (SSSR count). The van der Waals surface area contributed by atoms with Gasteiger partial charge in [0.05, 0.1) is 6.54 Å². The number of H-pyrrole nitrogens is 1. The van der Waals surface area contributed by atoms with Gasteiger partial charge in [0.25, 0.3) is 0 Å². The lowest BCUT2D eigenvalue weighted by molar-refractivity contribution is -0.124. The Labute approximate surface area is 175 Å². The first-order valence-electron chi connectivity index (χ1n) is 8.68. The smallest absolute Gasteiger partial charge is 0.324 e. The number of carbonyl (C=O) groups is 2. The molecule has 146 valence electrons. The molecule has 0 aliphatic carbocycles. The van der Waals surface area contributed by atoms with E-state index in [1.54, 1.807) is 7.05 Å². The third-order valence-corrected chi connectivity index (χ3v) is 4.48. The molecule has 8 nitrogen and oxygen atoms in total. The first kappa shape index (κ1) is 21.0. The van der Waals surface area contributed by atoms with Crippen molar-refractivity contribution < 1.29 is 9.59 Å². The second kappa shape index (κ2) is 9.58. The summed E-state index contributed by atoms with van der Waals surface area (Å²) in [6.45, 7) is 3.66. The highest BCUT2D eigenvalue weighted by atomic mass is 127. The van der Waals surface area contributed by atoms with Crippen LogP contribution >= 0.6 is 24.0 Å². The molecule has 1 aromatic heterocycles. The topological polar surface area (TPSA) is 102 Å². The van der Waals surface area contributed by atoms with Gasteiger partial charge >= 0.3 is 6.03 Å². The minimum absolute atomic E-state index is 0. The molecule has 2 heterocycles. The van der Waals surface area contributed by atoms with Crippen LogP contribution in [0, 0.1) is 6.92 Å². The minimum atomic E-state index is -0.339. The van der Waals surface area contributed by atoms with E-state index in [9.17, 15) is 9.59 Å². The lowest BCUT2D eigenvalue weighted by Gasteiger charge is -2.15. The number of benzene rings is 1. The van der Waals surface area contributed by atoms with Gasteiger partial charge in [-0.05, 0) is 24.5 Å². The van der Waals surface area contributed by atoms with Crippen LogP contribution in [-0.2, 0) is 11.2 Å². The predicted octanol–water partition coefficient (Wildman–Crippen LogP) is 1.35. The van der Waals surface area contributed by atoms with E-state index in [-0.39, 0.29) is 42.5 Å². The van der Waals surface area contributed by atoms with Gasteiger partial charge in [-0.25, -0.2) is 4.79 Å². The average molecular weight is 484 g/mol. The van der Waals surface area contributed by atoms with Crippen LogP contribution in [0.25, 0.3) is 10.9 Å². The van der Waals surface area contributed by atoms with E-state index in [1.165, 1.54) is 26.9 Å². The molecule has 0 spiro atoms. The third kappa shape index (κ3) is 4.90. The molecule has 9 heteroatoms. The van der Waals surface area contributed by atoms with Gasteiger partial charge in [0.1, 0.15) is 0 Å². The Kier molecular flexibility index (Phi) is 7.45. The monoisotopic (exact) mass is 484 g/mol. The van der Waals surface area contributed by atoms with E-state index in [0.29, 0.717) is 19.0 Å². The molecule has 1 aliphatic rings. The molecular weight excluding hydrogens is 459 g/mol. The first-order chi connectivity index (χ1) is 12.6. The number of guanidine groups is 1. The number of urea groups is 1. The Morgan fingerprint density at radius 3 is 2.74 bits per heavy atom. The molecule has 4 N–H and O–H groups in total. The third-order valence-electron chi connectivity index (χ3n) is 4.48. The Bertz CT molecular complexity index is 831. The maximum absolute atomic E-state index is 11.5. The van der Waals surface area contributed by atoms with Crippen molar-refractivity contribution in [1.82, 2.24) is 25.8 Å². The highest BCUT2D eigenvalue weighted by molar-refractivity contribution is 14.0. The van der Waals surface area contributed by atoms with Crippen molar-refractivity contribution >= 4 is 52.8 Å². The quantitative estimate of drug-likeness (QED) is 0.215. The van der Waals surface area contributed by atoms with Crippen LogP contribution in [0.15, 0.2) is 29.4 Å². The van der Waals surface area contributed by atoms with Crippen LogP contribution in [0.2, 0.25) is 0 Å². The number of rotatable bonds is 6. The highest BCUT2D eigenvalue weighted by Gasteiger charge is 2.27. The summed E-state index contributed by atoms with van der Waals surface area (Å²) in [6, 6.07) is 5.95. The number of aromatic nitrogens is 1. The molecule has 3 amide bonds. The number of amides is 3. The van der Waals surface area contributed by atoms with Crippen molar-refractivity contribution in [3.05, 3.63) is 35.5 Å². The number of aliphatic imine (C=N–C) groups is 1. The predicted molar refractivity (Wildman–Crippen MR) is 117 cm³/mol. The lowest BCUT2D eigenvalue weighted by atomic mass is 10.1. The summed E-state index contributed by atoms with van der Waals surface area (Å²) in [5.41, 5.74) is 3.67. The van der Waals surface area contributed by atoms with Crippen molar-refractivity contribution in [2.24, 2.45) is 4.99 Å². The summed E-state index contributed by atoms with van der Waals surface area (Å²) in [5, 5.41) is 10.1. The number of hydrogen-bond donors (Lipinski definition) is 4. The van der Waals surface area contributed by atoms with Crippen LogP contribution in [0.1, 0.15) is 11.1 Å². The zero-order valence-corrected chi connectivity index (χ0v) is 17.8. The standard InChI is InChI=1S/C18H24N6O2.HI/c1-12-4-3-5-14-13(10-22-16(12)14)6-7-20-17(19-2)21-8-9-24-15(25)11-23-18(24)26;/h3-5,10,22H,6-9,11H2,1-2H3,(H,23,26)(H2,19,20,21);1H. The van der Waals surface area contributed by atoms with Gasteiger partial charge in [-0.15, -0.1) is 24.0 Å². The van der Waals surface area contributed by atoms with E-state index in [4.69, 9.17) is 0 Å². The SMILES string of the molecule is CN=C(NCCc1c[nH]c2c(C)cccc12)NCCN1C(=O)CNC1=O.I. The second-order valence-corrected chi connectivity index (χ2v) is 6.19. The summed E-state index contributed by atoms with van der Waals surface area (Å²) in [7, 11) is 1.69. The van der Waals surface area contributed by atoms with E-state index in [2.05, 4.69) is 51.0 Å². The minimum Gasteiger partial charge on any atom is -0.361 e. The zero-order chi connectivity index (χ0) is 18.5. The molecule has 2 aromatic rings. The van der Waals surface area contributed by atoms with Crippen molar-refractivity contribution in [2.75, 3.05) is 33.2 Å². The molecular formula is C18H25IN6O2. The van der Waals surface area contributed by atoms with Crippen LogP contribution in [0.4, 0.5) is 4.79 Å². The van der Waals surface area contributed by atoms with Crippen LogP contribution in [0.3, 0.4) is 0 Å². The summed E-state index contributed by atoms with van der Waals surface area (Å²) < 4.78 is 0. The first-order valence-corrected chi connectivity index (χ1v) is 8.68. The fourth-order valence-electron chi connectivity index (χ4n) is 3.07. The number of aromatic amines is 1. The number of nitrogens with one attached hydrogen (secondary N) is 4.